The summed E-state index contributed by atoms with van der Waals surface area (Å²) in [7, 11) is 2.22. The number of hydrogen-bond donors (Lipinski definition) is 1. The molecule has 0 unspecified atom stereocenters. The normalized spacial score (nSPS) is 25.7. The number of phenolic OH excluding ortho intramolecular Hbond substituents is 1. The van der Waals surface area contributed by atoms with E-state index in [9.17, 15) is 14.7 Å². The van der Waals surface area contributed by atoms with Crippen LogP contribution in [0.15, 0.2) is 53.3 Å². The van der Waals surface area contributed by atoms with Gasteiger partial charge in [-0.05, 0) is 98.1 Å². The number of hydrogen-bond acceptors (Lipinski definition) is 4. The van der Waals surface area contributed by atoms with Crippen LogP contribution in [0.1, 0.15) is 57.2 Å². The summed E-state index contributed by atoms with van der Waals surface area (Å²) in [4.78, 5) is 31.8. The first kappa shape index (κ1) is 22.8. The van der Waals surface area contributed by atoms with Crippen LogP contribution in [0, 0.1) is 5.92 Å². The second kappa shape index (κ2) is 8.06. The lowest BCUT2D eigenvalue weighted by atomic mass is 9.52. The fourth-order valence-electron chi connectivity index (χ4n) is 7.93. The highest BCUT2D eigenvalue weighted by molar-refractivity contribution is 5.94. The van der Waals surface area contributed by atoms with Crippen molar-refractivity contribution in [1.82, 2.24) is 14.4 Å². The second-order valence-corrected chi connectivity index (χ2v) is 11.5. The lowest BCUT2D eigenvalue weighted by Gasteiger charge is -2.58. The smallest absolute Gasteiger partial charge is 0.263 e. The minimum atomic E-state index is -0.173. The zero-order chi connectivity index (χ0) is 25.5. The molecule has 2 aliphatic carbocycles. The molecule has 0 spiro atoms. The third-order valence-corrected chi connectivity index (χ3v) is 9.80. The first-order chi connectivity index (χ1) is 17.9. The van der Waals surface area contributed by atoms with Gasteiger partial charge in [0, 0.05) is 36.8 Å². The molecule has 7 rings (SSSR count). The highest BCUT2D eigenvalue weighted by Crippen LogP contribution is 2.54. The molecule has 1 aromatic heterocycles. The van der Waals surface area contributed by atoms with Crippen molar-refractivity contribution < 1.29 is 9.90 Å². The van der Waals surface area contributed by atoms with Crippen molar-refractivity contribution >= 4 is 5.91 Å². The minimum Gasteiger partial charge on any atom is -0.508 e. The predicted molar refractivity (Wildman–Crippen MR) is 142 cm³/mol. The van der Waals surface area contributed by atoms with E-state index in [2.05, 4.69) is 30.1 Å². The number of carbonyl (C=O) groups is 1. The Morgan fingerprint density at radius 3 is 2.51 bits per heavy atom. The van der Waals surface area contributed by atoms with Crippen LogP contribution < -0.4 is 5.56 Å². The number of carbonyl (C=O) groups excluding carboxylic acids is 1. The number of nitrogens with zero attached hydrogens (tertiary/aromatic N) is 3. The summed E-state index contributed by atoms with van der Waals surface area (Å²) in [5, 5.41) is 10.4. The molecule has 3 atom stereocenters. The molecule has 2 aliphatic heterocycles. The Kier molecular flexibility index (Phi) is 4.96. The molecule has 2 bridgehead atoms. The topological polar surface area (TPSA) is 65.8 Å². The lowest BCUT2D eigenvalue weighted by Crippen LogP contribution is -2.62. The van der Waals surface area contributed by atoms with Gasteiger partial charge in [0.2, 0.25) is 0 Å². The molecule has 0 radical (unpaired) electrons. The predicted octanol–water partition coefficient (Wildman–Crippen LogP) is 3.64. The van der Waals surface area contributed by atoms with E-state index in [4.69, 9.17) is 0 Å². The number of likely N-dealkylation sites (tertiary alicyclic amines) is 1. The zero-order valence-electron chi connectivity index (χ0n) is 21.5. The SMILES string of the molecule is CCn1c2c(cc(C(=O)N3Cc4ccccc4C3)c1=O)C[C@H]1[C@H]3Cc4ccc(O)cc4[C@@]1(CCN3C)C2. The Morgan fingerprint density at radius 1 is 1.03 bits per heavy atom. The Morgan fingerprint density at radius 2 is 1.78 bits per heavy atom. The number of piperidine rings is 1. The molecule has 6 nitrogen and oxygen atoms in total. The summed E-state index contributed by atoms with van der Waals surface area (Å²) in [5.74, 6) is 0.535. The number of fused-ring (bicyclic) bond motifs is 3. The maximum atomic E-state index is 13.8. The van der Waals surface area contributed by atoms with Gasteiger partial charge in [-0.2, -0.15) is 0 Å². The van der Waals surface area contributed by atoms with Crippen molar-refractivity contribution in [1.29, 1.82) is 0 Å². The Balaban J connectivity index is 1.33. The van der Waals surface area contributed by atoms with Gasteiger partial charge in [-0.3, -0.25) is 9.59 Å². The molecule has 1 saturated heterocycles. The number of rotatable bonds is 2. The third kappa shape index (κ3) is 3.21. The molecule has 2 aromatic carbocycles. The largest absolute Gasteiger partial charge is 0.508 e. The summed E-state index contributed by atoms with van der Waals surface area (Å²) in [6, 6.07) is 16.3. The fraction of sp³-hybridized carbons (Fsp3) is 0.419. The van der Waals surface area contributed by atoms with E-state index in [0.717, 1.165) is 54.6 Å². The minimum absolute atomic E-state index is 0.0953. The zero-order valence-corrected chi connectivity index (χ0v) is 21.5. The second-order valence-electron chi connectivity index (χ2n) is 11.5. The van der Waals surface area contributed by atoms with E-state index in [-0.39, 0.29) is 16.9 Å². The van der Waals surface area contributed by atoms with Crippen molar-refractivity contribution in [2.45, 2.75) is 63.7 Å². The number of benzene rings is 2. The van der Waals surface area contributed by atoms with Gasteiger partial charge in [0.1, 0.15) is 11.3 Å². The summed E-state index contributed by atoms with van der Waals surface area (Å²) in [5.41, 5.74) is 7.15. The van der Waals surface area contributed by atoms with E-state index in [1.807, 2.05) is 35.8 Å². The van der Waals surface area contributed by atoms with Gasteiger partial charge in [0.25, 0.3) is 11.5 Å². The average Bonchev–Trinajstić information content (AvgIpc) is 3.34. The van der Waals surface area contributed by atoms with E-state index in [0.29, 0.717) is 42.9 Å². The van der Waals surface area contributed by atoms with Crippen molar-refractivity contribution in [3.05, 3.63) is 98.0 Å². The third-order valence-electron chi connectivity index (χ3n) is 9.80. The van der Waals surface area contributed by atoms with E-state index < -0.39 is 0 Å². The number of aromatic nitrogens is 1. The van der Waals surface area contributed by atoms with Crippen LogP contribution in [0.3, 0.4) is 0 Å². The monoisotopic (exact) mass is 495 g/mol. The van der Waals surface area contributed by atoms with E-state index >= 15 is 0 Å². The fourth-order valence-corrected chi connectivity index (χ4v) is 7.93. The first-order valence-electron chi connectivity index (χ1n) is 13.5. The quantitative estimate of drug-likeness (QED) is 0.590. The van der Waals surface area contributed by atoms with Crippen molar-refractivity contribution in [2.75, 3.05) is 13.6 Å². The number of phenols is 1. The summed E-state index contributed by atoms with van der Waals surface area (Å²) >= 11 is 0. The highest BCUT2D eigenvalue weighted by atomic mass is 16.3. The standard InChI is InChI=1S/C31H33N3O3/c1-3-34-28-16-31-10-11-32(2)27(14-19-8-9-23(35)15-25(19)31)26(31)13-22(28)12-24(30(34)37)29(36)33-17-20-6-4-5-7-21(20)18-33/h4-9,12,15,26-27,35H,3,10-11,13-14,16-18H2,1-2H3/t26-,27+,31+/m0/s1. The van der Waals surface area contributed by atoms with Crippen LogP contribution >= 0.6 is 0 Å². The average molecular weight is 496 g/mol. The van der Waals surface area contributed by atoms with Crippen LogP contribution in [-0.2, 0) is 44.3 Å². The van der Waals surface area contributed by atoms with Crippen LogP contribution in [-0.4, -0.2) is 45.0 Å². The van der Waals surface area contributed by atoms with Gasteiger partial charge in [0.05, 0.1) is 0 Å². The highest BCUT2D eigenvalue weighted by Gasteiger charge is 2.55. The molecule has 6 heteroatoms. The van der Waals surface area contributed by atoms with Gasteiger partial charge in [-0.1, -0.05) is 30.3 Å². The first-order valence-corrected chi connectivity index (χ1v) is 13.5. The molecule has 0 saturated carbocycles. The van der Waals surface area contributed by atoms with Crippen LogP contribution in [0.5, 0.6) is 5.75 Å². The van der Waals surface area contributed by atoms with Crippen LogP contribution in [0.4, 0.5) is 0 Å². The molecular formula is C31H33N3O3. The van der Waals surface area contributed by atoms with E-state index in [1.54, 1.807) is 11.0 Å². The molecule has 3 heterocycles. The Bertz CT molecular complexity index is 1480. The number of likely N-dealkylation sites (N-methyl/N-ethyl adjacent to an activating group) is 1. The van der Waals surface area contributed by atoms with Gasteiger partial charge < -0.3 is 19.5 Å². The summed E-state index contributed by atoms with van der Waals surface area (Å²) < 4.78 is 1.86. The Labute approximate surface area is 217 Å². The molecule has 1 fully saturated rings. The lowest BCUT2D eigenvalue weighted by molar-refractivity contribution is 0.0225. The summed E-state index contributed by atoms with van der Waals surface area (Å²) in [6.45, 7) is 4.66. The molecule has 190 valence electrons. The number of aromatic hydroxyl groups is 1. The van der Waals surface area contributed by atoms with Crippen molar-refractivity contribution in [2.24, 2.45) is 5.92 Å². The number of amides is 1. The van der Waals surface area contributed by atoms with Crippen LogP contribution in [0.2, 0.25) is 0 Å². The molecule has 1 N–H and O–H groups in total. The molecule has 3 aromatic rings. The van der Waals surface area contributed by atoms with Gasteiger partial charge in [-0.15, -0.1) is 0 Å². The van der Waals surface area contributed by atoms with Crippen molar-refractivity contribution in [3.8, 4) is 5.75 Å². The maximum Gasteiger partial charge on any atom is 0.263 e. The molecule has 4 aliphatic rings. The van der Waals surface area contributed by atoms with Crippen LogP contribution in [0.25, 0.3) is 0 Å². The molecule has 37 heavy (non-hydrogen) atoms. The Hall–Kier alpha value is -3.38. The molecular weight excluding hydrogens is 462 g/mol. The summed E-state index contributed by atoms with van der Waals surface area (Å²) in [6.07, 6.45) is 3.60. The van der Waals surface area contributed by atoms with Gasteiger partial charge >= 0.3 is 0 Å². The van der Waals surface area contributed by atoms with Gasteiger partial charge in [0.15, 0.2) is 0 Å². The van der Waals surface area contributed by atoms with E-state index in [1.165, 1.54) is 11.1 Å². The van der Waals surface area contributed by atoms with Gasteiger partial charge in [-0.25, -0.2) is 0 Å². The maximum absolute atomic E-state index is 13.8. The number of pyridine rings is 1. The van der Waals surface area contributed by atoms with Crippen molar-refractivity contribution in [3.63, 3.8) is 0 Å². The molecule has 1 amide bonds.